The lowest BCUT2D eigenvalue weighted by atomic mass is 10.0. The van der Waals surface area contributed by atoms with Crippen LogP contribution in [0.1, 0.15) is 42.3 Å². The number of piperazine rings is 1. The van der Waals surface area contributed by atoms with Gasteiger partial charge in [0.2, 0.25) is 0 Å². The van der Waals surface area contributed by atoms with Crippen molar-refractivity contribution in [2.45, 2.75) is 51.6 Å². The van der Waals surface area contributed by atoms with Crippen LogP contribution in [0.25, 0.3) is 0 Å². The predicted molar refractivity (Wildman–Crippen MR) is 113 cm³/mol. The molecule has 1 aromatic rings. The van der Waals surface area contributed by atoms with Crippen molar-refractivity contribution in [3.63, 3.8) is 0 Å². The lowest BCUT2D eigenvalue weighted by Crippen LogP contribution is -2.48. The minimum atomic E-state index is -4.58. The van der Waals surface area contributed by atoms with Gasteiger partial charge in [0.25, 0.3) is 0 Å². The van der Waals surface area contributed by atoms with Gasteiger partial charge in [-0.2, -0.15) is 13.2 Å². The van der Waals surface area contributed by atoms with Crippen LogP contribution in [0.15, 0.2) is 18.2 Å². The number of alkyl halides is 3. The van der Waals surface area contributed by atoms with Crippen LogP contribution in [0.3, 0.4) is 0 Å². The Balaban J connectivity index is 1.90. The van der Waals surface area contributed by atoms with Crippen LogP contribution in [0, 0.1) is 0 Å². The maximum Gasteiger partial charge on any atom is 0.416 e. The number of hydrogen-bond donors (Lipinski definition) is 1. The van der Waals surface area contributed by atoms with Crippen molar-refractivity contribution in [2.24, 2.45) is 0 Å². The minimum Gasteiger partial charge on any atom is -0.478 e. The quantitative estimate of drug-likeness (QED) is 0.623. The second-order valence-electron chi connectivity index (χ2n) is 9.40. The van der Waals surface area contributed by atoms with E-state index in [0.717, 1.165) is 25.7 Å². The molecule has 0 aromatic heterocycles. The zero-order chi connectivity index (χ0) is 22.7. The first-order chi connectivity index (χ1) is 13.7. The van der Waals surface area contributed by atoms with Gasteiger partial charge in [0.15, 0.2) is 8.32 Å². The van der Waals surface area contributed by atoms with Crippen molar-refractivity contribution in [1.82, 2.24) is 9.80 Å². The summed E-state index contributed by atoms with van der Waals surface area (Å²) in [6, 6.07) is 3.25. The van der Waals surface area contributed by atoms with E-state index in [1.165, 1.54) is 12.1 Å². The van der Waals surface area contributed by atoms with Crippen LogP contribution in [0.2, 0.25) is 18.1 Å². The Morgan fingerprint density at radius 3 is 2.17 bits per heavy atom. The molecule has 0 aliphatic carbocycles. The van der Waals surface area contributed by atoms with E-state index >= 15 is 0 Å². The molecule has 1 aromatic carbocycles. The Labute approximate surface area is 177 Å². The summed E-state index contributed by atoms with van der Waals surface area (Å²) in [6.45, 7) is 15.6. The molecule has 0 spiro atoms. The highest BCUT2D eigenvalue weighted by molar-refractivity contribution is 6.74. The summed E-state index contributed by atoms with van der Waals surface area (Å²) in [5.41, 5.74) is -1.10. The van der Waals surface area contributed by atoms with E-state index < -0.39 is 26.0 Å². The van der Waals surface area contributed by atoms with Crippen molar-refractivity contribution < 1.29 is 27.5 Å². The van der Waals surface area contributed by atoms with Crippen molar-refractivity contribution in [2.75, 3.05) is 39.3 Å². The fourth-order valence-corrected chi connectivity index (χ4v) is 4.20. The maximum atomic E-state index is 13.4. The molecule has 0 radical (unpaired) electrons. The summed E-state index contributed by atoms with van der Waals surface area (Å²) in [7, 11) is -1.78. The molecule has 1 fully saturated rings. The number of benzene rings is 1. The van der Waals surface area contributed by atoms with Crippen molar-refractivity contribution >= 4 is 14.3 Å². The summed E-state index contributed by atoms with van der Waals surface area (Å²) in [5.74, 6) is -1.36. The molecule has 0 saturated carbocycles. The largest absolute Gasteiger partial charge is 0.478 e. The number of halogens is 3. The van der Waals surface area contributed by atoms with Crippen molar-refractivity contribution in [3.8, 4) is 0 Å². The molecule has 2 rings (SSSR count). The zero-order valence-corrected chi connectivity index (χ0v) is 19.5. The summed E-state index contributed by atoms with van der Waals surface area (Å²) in [5, 5.41) is 9.16. The molecule has 30 heavy (non-hydrogen) atoms. The third-order valence-electron chi connectivity index (χ3n) is 6.20. The molecule has 9 heteroatoms. The molecule has 1 N–H and O–H groups in total. The van der Waals surface area contributed by atoms with Crippen molar-refractivity contribution in [1.29, 1.82) is 0 Å². The molecular weight excluding hydrogens is 413 g/mol. The fraction of sp³-hybridized carbons (Fsp3) is 0.667. The summed E-state index contributed by atoms with van der Waals surface area (Å²) in [6.07, 6.45) is -4.58. The summed E-state index contributed by atoms with van der Waals surface area (Å²) >= 11 is 0. The summed E-state index contributed by atoms with van der Waals surface area (Å²) in [4.78, 5) is 15.3. The number of carboxylic acids is 1. The average molecular weight is 447 g/mol. The summed E-state index contributed by atoms with van der Waals surface area (Å²) < 4.78 is 46.4. The Morgan fingerprint density at radius 1 is 1.10 bits per heavy atom. The number of carbonyl (C=O) groups is 1. The first kappa shape index (κ1) is 24.8. The van der Waals surface area contributed by atoms with E-state index in [0.29, 0.717) is 19.7 Å². The van der Waals surface area contributed by atoms with Crippen LogP contribution in [-0.4, -0.2) is 68.5 Å². The second kappa shape index (κ2) is 9.38. The number of rotatable bonds is 7. The highest BCUT2D eigenvalue weighted by Gasteiger charge is 2.37. The molecule has 5 nitrogen and oxygen atoms in total. The molecule has 1 heterocycles. The van der Waals surface area contributed by atoms with Gasteiger partial charge in [0, 0.05) is 45.9 Å². The van der Waals surface area contributed by atoms with E-state index in [2.05, 4.69) is 38.8 Å². The second-order valence-corrected chi connectivity index (χ2v) is 14.2. The molecule has 1 saturated heterocycles. The highest BCUT2D eigenvalue weighted by Crippen LogP contribution is 2.36. The molecule has 170 valence electrons. The van der Waals surface area contributed by atoms with Gasteiger partial charge in [-0.15, -0.1) is 0 Å². The van der Waals surface area contributed by atoms with Gasteiger partial charge >= 0.3 is 12.1 Å². The van der Waals surface area contributed by atoms with Crippen LogP contribution >= 0.6 is 0 Å². The smallest absolute Gasteiger partial charge is 0.416 e. The topological polar surface area (TPSA) is 53.0 Å². The third-order valence-corrected chi connectivity index (χ3v) is 10.7. The number of carboxylic acid groups (broad SMARTS) is 1. The van der Waals surface area contributed by atoms with Crippen LogP contribution in [0.5, 0.6) is 0 Å². The van der Waals surface area contributed by atoms with Crippen LogP contribution in [0.4, 0.5) is 13.2 Å². The zero-order valence-electron chi connectivity index (χ0n) is 18.5. The van der Waals surface area contributed by atoms with Gasteiger partial charge in [-0.05, 0) is 35.8 Å². The SMILES string of the molecule is CC(C)(C)[Si](C)(C)OCCN1CCN(Cc2ccc(C(=O)O)cc2C(F)(F)F)CC1. The first-order valence-corrected chi connectivity index (χ1v) is 13.1. The Kier molecular flexibility index (Phi) is 7.77. The van der Waals surface area contributed by atoms with E-state index in [1.54, 1.807) is 0 Å². The fourth-order valence-electron chi connectivity index (χ4n) is 3.17. The third kappa shape index (κ3) is 6.54. The minimum absolute atomic E-state index is 0.113. The van der Waals surface area contributed by atoms with Gasteiger partial charge in [-0.25, -0.2) is 4.79 Å². The van der Waals surface area contributed by atoms with E-state index in [4.69, 9.17) is 9.53 Å². The molecule has 0 atom stereocenters. The molecular formula is C21H33F3N2O3Si. The van der Waals surface area contributed by atoms with Crippen LogP contribution < -0.4 is 0 Å². The van der Waals surface area contributed by atoms with Gasteiger partial charge in [-0.1, -0.05) is 26.8 Å². The molecule has 0 bridgehead atoms. The molecule has 0 unspecified atom stereocenters. The number of aromatic carboxylic acids is 1. The maximum absolute atomic E-state index is 13.4. The van der Waals surface area contributed by atoms with Gasteiger partial charge < -0.3 is 9.53 Å². The standard InChI is InChI=1S/C21H33F3N2O3Si/c1-20(2,3)30(4,5)29-13-12-25-8-10-26(11-9-25)15-17-7-6-16(19(27)28)14-18(17)21(22,23)24/h6-7,14H,8-13,15H2,1-5H3,(H,27,28). The van der Waals surface area contributed by atoms with Gasteiger partial charge in [-0.3, -0.25) is 9.80 Å². The molecule has 0 amide bonds. The number of hydrogen-bond acceptors (Lipinski definition) is 4. The van der Waals surface area contributed by atoms with Gasteiger partial charge in [0.05, 0.1) is 11.1 Å². The van der Waals surface area contributed by atoms with Crippen molar-refractivity contribution in [3.05, 3.63) is 34.9 Å². The average Bonchev–Trinajstić information content (AvgIpc) is 2.61. The van der Waals surface area contributed by atoms with E-state index in [1.807, 2.05) is 4.90 Å². The monoisotopic (exact) mass is 446 g/mol. The highest BCUT2D eigenvalue weighted by atomic mass is 28.4. The molecule has 1 aliphatic rings. The lowest BCUT2D eigenvalue weighted by Gasteiger charge is -2.38. The van der Waals surface area contributed by atoms with Gasteiger partial charge in [0.1, 0.15) is 0 Å². The predicted octanol–water partition coefficient (Wildman–Crippen LogP) is 4.54. The first-order valence-electron chi connectivity index (χ1n) is 10.2. The molecule has 1 aliphatic heterocycles. The Bertz CT molecular complexity index is 740. The van der Waals surface area contributed by atoms with E-state index in [9.17, 15) is 18.0 Å². The lowest BCUT2D eigenvalue weighted by molar-refractivity contribution is -0.138. The van der Waals surface area contributed by atoms with Crippen LogP contribution in [-0.2, 0) is 17.1 Å². The van der Waals surface area contributed by atoms with E-state index in [-0.39, 0.29) is 22.7 Å². The number of nitrogens with zero attached hydrogens (tertiary/aromatic N) is 2. The Hall–Kier alpha value is -1.42. The Morgan fingerprint density at radius 2 is 1.67 bits per heavy atom. The normalized spacial score (nSPS) is 17.3.